The third kappa shape index (κ3) is 2.85. The molecule has 1 saturated carbocycles. The highest BCUT2D eigenvalue weighted by Gasteiger charge is 2.46. The number of hydrazine groups is 1. The Kier molecular flexibility index (Phi) is 3.89. The van der Waals surface area contributed by atoms with Gasteiger partial charge >= 0.3 is 0 Å². The van der Waals surface area contributed by atoms with Crippen LogP contribution in [0.3, 0.4) is 0 Å². The molecule has 0 radical (unpaired) electrons. The van der Waals surface area contributed by atoms with Gasteiger partial charge in [-0.25, -0.2) is 18.7 Å². The minimum absolute atomic E-state index is 0.0415. The molecule has 1 aliphatic rings. The van der Waals surface area contributed by atoms with Crippen molar-refractivity contribution in [1.82, 2.24) is 15.4 Å². The highest BCUT2D eigenvalue weighted by molar-refractivity contribution is 6.31. The van der Waals surface area contributed by atoms with E-state index in [4.69, 9.17) is 11.6 Å². The molecule has 1 aromatic carbocycles. The van der Waals surface area contributed by atoms with E-state index in [0.29, 0.717) is 6.42 Å². The molecule has 1 aliphatic carbocycles. The van der Waals surface area contributed by atoms with Crippen LogP contribution in [-0.4, -0.2) is 15.9 Å². The van der Waals surface area contributed by atoms with Crippen LogP contribution in [0.15, 0.2) is 30.6 Å². The summed E-state index contributed by atoms with van der Waals surface area (Å²) in [7, 11) is 0. The smallest absolute Gasteiger partial charge is 0.242 e. The van der Waals surface area contributed by atoms with Gasteiger partial charge in [0.15, 0.2) is 11.0 Å². The molecule has 0 unspecified atom stereocenters. The van der Waals surface area contributed by atoms with Crippen LogP contribution >= 0.6 is 11.6 Å². The summed E-state index contributed by atoms with van der Waals surface area (Å²) in [4.78, 5) is 19.7. The summed E-state index contributed by atoms with van der Waals surface area (Å²) in [5.74, 6) is -2.40. The lowest BCUT2D eigenvalue weighted by Gasteiger charge is -2.08. The van der Waals surface area contributed by atoms with Gasteiger partial charge in [0.05, 0.1) is 0 Å². The molecule has 1 heterocycles. The summed E-state index contributed by atoms with van der Waals surface area (Å²) >= 11 is 5.78. The Morgan fingerprint density at radius 2 is 1.91 bits per heavy atom. The first-order chi connectivity index (χ1) is 10.6. The minimum Gasteiger partial charge on any atom is -0.279 e. The zero-order valence-electron chi connectivity index (χ0n) is 11.2. The van der Waals surface area contributed by atoms with Crippen molar-refractivity contribution in [3.8, 4) is 0 Å². The molecule has 1 fully saturated rings. The Bertz CT molecular complexity index is 707. The molecule has 1 amide bonds. The van der Waals surface area contributed by atoms with E-state index in [1.54, 1.807) is 0 Å². The molecule has 22 heavy (non-hydrogen) atoms. The van der Waals surface area contributed by atoms with Crippen molar-refractivity contribution in [1.29, 1.82) is 0 Å². The van der Waals surface area contributed by atoms with Gasteiger partial charge in [-0.3, -0.25) is 15.6 Å². The van der Waals surface area contributed by atoms with E-state index < -0.39 is 23.5 Å². The first-order valence-electron chi connectivity index (χ1n) is 6.54. The lowest BCUT2D eigenvalue weighted by atomic mass is 10.1. The summed E-state index contributed by atoms with van der Waals surface area (Å²) in [5.41, 5.74) is 4.92. The van der Waals surface area contributed by atoms with E-state index in [9.17, 15) is 13.6 Å². The van der Waals surface area contributed by atoms with Crippen LogP contribution < -0.4 is 10.9 Å². The van der Waals surface area contributed by atoms with Gasteiger partial charge in [-0.15, -0.1) is 0 Å². The average Bonchev–Trinajstić information content (AvgIpc) is 3.26. The van der Waals surface area contributed by atoms with Gasteiger partial charge in [0.1, 0.15) is 11.6 Å². The minimum atomic E-state index is -0.634. The summed E-state index contributed by atoms with van der Waals surface area (Å²) < 4.78 is 27.3. The van der Waals surface area contributed by atoms with E-state index in [2.05, 4.69) is 20.8 Å². The van der Waals surface area contributed by atoms with Crippen molar-refractivity contribution in [2.75, 3.05) is 5.43 Å². The first-order valence-corrected chi connectivity index (χ1v) is 6.92. The largest absolute Gasteiger partial charge is 0.279 e. The number of carbonyl (C=O) groups is 1. The molecule has 0 bridgehead atoms. The molecule has 114 valence electrons. The molecule has 0 aliphatic heterocycles. The van der Waals surface area contributed by atoms with Crippen molar-refractivity contribution in [3.63, 3.8) is 0 Å². The van der Waals surface area contributed by atoms with E-state index >= 15 is 0 Å². The van der Waals surface area contributed by atoms with Crippen LogP contribution in [0.25, 0.3) is 0 Å². The van der Waals surface area contributed by atoms with E-state index in [1.807, 2.05) is 0 Å². The molecular formula is C14H11ClF2N4O. The number of amides is 1. The lowest BCUT2D eigenvalue weighted by Crippen LogP contribution is -2.31. The molecule has 0 saturated heterocycles. The van der Waals surface area contributed by atoms with Gasteiger partial charge in [0, 0.05) is 29.8 Å². The van der Waals surface area contributed by atoms with Crippen molar-refractivity contribution < 1.29 is 13.6 Å². The molecule has 1 aromatic heterocycles. The highest BCUT2D eigenvalue weighted by atomic mass is 35.5. The van der Waals surface area contributed by atoms with Gasteiger partial charge < -0.3 is 0 Å². The van der Waals surface area contributed by atoms with Gasteiger partial charge in [0.25, 0.3) is 0 Å². The SMILES string of the molecule is O=C(NNc1nccnc1Cl)[C@@H]1C[C@H]1c1c(F)cccc1F. The Morgan fingerprint density at radius 1 is 1.23 bits per heavy atom. The van der Waals surface area contributed by atoms with Gasteiger partial charge in [-0.2, -0.15) is 0 Å². The maximum absolute atomic E-state index is 13.7. The average molecular weight is 325 g/mol. The van der Waals surface area contributed by atoms with Crippen LogP contribution in [0, 0.1) is 17.6 Å². The van der Waals surface area contributed by atoms with Crippen LogP contribution in [0.4, 0.5) is 14.6 Å². The summed E-state index contributed by atoms with van der Waals surface area (Å²) in [6, 6.07) is 3.66. The number of hydrogen-bond donors (Lipinski definition) is 2. The summed E-state index contributed by atoms with van der Waals surface area (Å²) in [6.07, 6.45) is 3.21. The Balaban J connectivity index is 1.63. The van der Waals surface area contributed by atoms with Gasteiger partial charge in [-0.1, -0.05) is 17.7 Å². The van der Waals surface area contributed by atoms with Crippen LogP contribution in [0.2, 0.25) is 5.15 Å². The molecule has 0 spiro atoms. The Labute approximate surface area is 129 Å². The Morgan fingerprint density at radius 3 is 2.59 bits per heavy atom. The maximum atomic E-state index is 13.7. The summed E-state index contributed by atoms with van der Waals surface area (Å²) in [5, 5.41) is 0.107. The van der Waals surface area contributed by atoms with E-state index in [1.165, 1.54) is 30.6 Å². The standard InChI is InChI=1S/C14H11ClF2N4O/c15-12-13(19-5-4-18-12)20-21-14(22)8-6-7(8)11-9(16)2-1-3-10(11)17/h1-5,7-8H,6H2,(H,19,20)(H,21,22)/t7-,8-/m1/s1. The lowest BCUT2D eigenvalue weighted by molar-refractivity contribution is -0.121. The zero-order valence-corrected chi connectivity index (χ0v) is 11.9. The topological polar surface area (TPSA) is 66.9 Å². The first kappa shape index (κ1) is 14.6. The van der Waals surface area contributed by atoms with Crippen LogP contribution in [0.1, 0.15) is 17.9 Å². The van der Waals surface area contributed by atoms with E-state index in [0.717, 1.165) is 0 Å². The second-order valence-corrected chi connectivity index (χ2v) is 5.25. The fourth-order valence-corrected chi connectivity index (χ4v) is 2.44. The maximum Gasteiger partial charge on any atom is 0.242 e. The predicted molar refractivity (Wildman–Crippen MR) is 76.0 cm³/mol. The number of carbonyl (C=O) groups excluding carboxylic acids is 1. The van der Waals surface area contributed by atoms with Crippen molar-refractivity contribution in [3.05, 3.63) is 52.9 Å². The van der Waals surface area contributed by atoms with Crippen molar-refractivity contribution in [2.45, 2.75) is 12.3 Å². The third-order valence-corrected chi connectivity index (χ3v) is 3.73. The molecule has 2 aromatic rings. The highest BCUT2D eigenvalue weighted by Crippen LogP contribution is 2.49. The van der Waals surface area contributed by atoms with Crippen molar-refractivity contribution in [2.24, 2.45) is 5.92 Å². The second kappa shape index (κ2) is 5.84. The third-order valence-electron chi connectivity index (χ3n) is 3.46. The number of benzene rings is 1. The number of nitrogens with one attached hydrogen (secondary N) is 2. The molecule has 5 nitrogen and oxygen atoms in total. The fourth-order valence-electron chi connectivity index (χ4n) is 2.29. The number of halogens is 3. The molecule has 2 atom stereocenters. The zero-order chi connectivity index (χ0) is 15.7. The van der Waals surface area contributed by atoms with E-state index in [-0.39, 0.29) is 22.4 Å². The van der Waals surface area contributed by atoms with Crippen LogP contribution in [0.5, 0.6) is 0 Å². The number of hydrogen-bond acceptors (Lipinski definition) is 4. The van der Waals surface area contributed by atoms with Crippen molar-refractivity contribution >= 4 is 23.3 Å². The number of anilines is 1. The molecular weight excluding hydrogens is 314 g/mol. The van der Waals surface area contributed by atoms with Gasteiger partial charge in [0.2, 0.25) is 5.91 Å². The molecule has 2 N–H and O–H groups in total. The van der Waals surface area contributed by atoms with Gasteiger partial charge in [-0.05, 0) is 18.6 Å². The number of aromatic nitrogens is 2. The molecule has 8 heteroatoms. The quantitative estimate of drug-likeness (QED) is 0.849. The van der Waals surface area contributed by atoms with Crippen LogP contribution in [-0.2, 0) is 4.79 Å². The normalized spacial score (nSPS) is 19.6. The number of rotatable bonds is 4. The summed E-state index contributed by atoms with van der Waals surface area (Å²) in [6.45, 7) is 0. The number of nitrogens with zero attached hydrogens (tertiary/aromatic N) is 2. The molecule has 3 rings (SSSR count). The second-order valence-electron chi connectivity index (χ2n) is 4.89. The monoisotopic (exact) mass is 324 g/mol. The Hall–Kier alpha value is -2.28. The predicted octanol–water partition coefficient (Wildman–Crippen LogP) is 2.66. The fraction of sp³-hybridized carbons (Fsp3) is 0.214.